The molecule has 0 radical (unpaired) electrons. The lowest BCUT2D eigenvalue weighted by molar-refractivity contribution is -0.123. The van der Waals surface area contributed by atoms with E-state index in [1.54, 1.807) is 55.0 Å². The molecule has 3 aromatic carbocycles. The van der Waals surface area contributed by atoms with Gasteiger partial charge in [-0.05, 0) is 80.8 Å². The number of piperazine rings is 1. The van der Waals surface area contributed by atoms with Gasteiger partial charge in [0, 0.05) is 54.4 Å². The second kappa shape index (κ2) is 17.8. The van der Waals surface area contributed by atoms with Crippen molar-refractivity contribution >= 4 is 52.6 Å². The van der Waals surface area contributed by atoms with Gasteiger partial charge in [-0.1, -0.05) is 66.5 Å². The van der Waals surface area contributed by atoms with Gasteiger partial charge in [0.15, 0.2) is 0 Å². The third-order valence-electron chi connectivity index (χ3n) is 9.09. The van der Waals surface area contributed by atoms with Gasteiger partial charge >= 0.3 is 6.03 Å². The largest absolute Gasteiger partial charge is 0.493 e. The number of nitrogens with one attached hydrogen (secondary N) is 1. The lowest BCUT2D eigenvalue weighted by Gasteiger charge is -2.39. The van der Waals surface area contributed by atoms with Crippen LogP contribution >= 0.6 is 34.8 Å². The van der Waals surface area contributed by atoms with Crippen molar-refractivity contribution in [2.45, 2.75) is 58.7 Å². The van der Waals surface area contributed by atoms with E-state index < -0.39 is 17.5 Å². The van der Waals surface area contributed by atoms with Gasteiger partial charge in [-0.25, -0.2) is 4.79 Å². The second-order valence-corrected chi connectivity index (χ2v) is 14.6. The van der Waals surface area contributed by atoms with Gasteiger partial charge in [-0.15, -0.1) is 0 Å². The molecule has 0 saturated carbocycles. The minimum atomic E-state index is -0.898. The van der Waals surface area contributed by atoms with Crippen LogP contribution in [0.4, 0.5) is 4.79 Å². The number of urea groups is 1. The fraction of sp³-hybridized carbons (Fsp3) is 0.436. The Labute approximate surface area is 322 Å². The third kappa shape index (κ3) is 9.20. The number of nitrogens with zero attached hydrogens (tertiary/aromatic N) is 5. The van der Waals surface area contributed by atoms with E-state index >= 15 is 0 Å². The van der Waals surface area contributed by atoms with Crippen LogP contribution in [0.2, 0.25) is 15.1 Å². The highest BCUT2D eigenvalue weighted by atomic mass is 35.5. The smallest absolute Gasteiger partial charge is 0.326 e. The number of amides is 3. The van der Waals surface area contributed by atoms with E-state index in [1.165, 1.54) is 0 Å². The van der Waals surface area contributed by atoms with E-state index in [4.69, 9.17) is 49.3 Å². The molecule has 10 nitrogen and oxygen atoms in total. The van der Waals surface area contributed by atoms with E-state index in [-0.39, 0.29) is 32.0 Å². The quantitative estimate of drug-likeness (QED) is 0.212. The molecule has 2 aliphatic heterocycles. The molecule has 5 rings (SSSR count). The topological polar surface area (TPSA) is 110 Å². The van der Waals surface area contributed by atoms with E-state index in [0.29, 0.717) is 77.2 Å². The van der Waals surface area contributed by atoms with Crippen molar-refractivity contribution in [2.75, 3.05) is 53.0 Å². The summed E-state index contributed by atoms with van der Waals surface area (Å²) in [7, 11) is 1.60. The van der Waals surface area contributed by atoms with E-state index in [0.717, 1.165) is 11.1 Å². The number of ether oxygens (including phenoxy) is 2. The van der Waals surface area contributed by atoms with Gasteiger partial charge in [0.05, 0.1) is 42.8 Å². The average Bonchev–Trinajstić information content (AvgIpc) is 3.50. The van der Waals surface area contributed by atoms with Crippen LogP contribution in [-0.2, 0) is 14.9 Å². The molecule has 1 fully saturated rings. The fourth-order valence-electron chi connectivity index (χ4n) is 6.46. The molecule has 3 aromatic rings. The van der Waals surface area contributed by atoms with Gasteiger partial charge in [0.25, 0.3) is 0 Å². The Morgan fingerprint density at radius 3 is 2.15 bits per heavy atom. The predicted molar refractivity (Wildman–Crippen MR) is 208 cm³/mol. The lowest BCUT2D eigenvalue weighted by Crippen LogP contribution is -2.55. The van der Waals surface area contributed by atoms with Crippen LogP contribution in [0.15, 0.2) is 65.7 Å². The van der Waals surface area contributed by atoms with Gasteiger partial charge in [-0.2, -0.15) is 5.26 Å². The number of aliphatic imine (C=N–C) groups is 1. The van der Waals surface area contributed by atoms with Gasteiger partial charge in [0.2, 0.25) is 5.91 Å². The number of hydrogen-bond acceptors (Lipinski definition) is 7. The van der Waals surface area contributed by atoms with Crippen LogP contribution in [-0.4, -0.2) is 91.6 Å². The molecule has 278 valence electrons. The number of benzene rings is 3. The summed E-state index contributed by atoms with van der Waals surface area (Å²) in [6.45, 7) is 10.2. The van der Waals surface area contributed by atoms with Crippen molar-refractivity contribution < 1.29 is 19.1 Å². The van der Waals surface area contributed by atoms with Crippen LogP contribution in [0, 0.1) is 11.3 Å². The number of carbonyl (C=O) groups excluding carboxylic acids is 2. The number of amidine groups is 1. The van der Waals surface area contributed by atoms with E-state index in [9.17, 15) is 14.9 Å². The number of nitriles is 1. The summed E-state index contributed by atoms with van der Waals surface area (Å²) in [5.41, 5.74) is 1.93. The number of hydrogen-bond donors (Lipinski definition) is 1. The summed E-state index contributed by atoms with van der Waals surface area (Å²) >= 11 is 19.6. The molecule has 0 spiro atoms. The number of halogens is 3. The van der Waals surface area contributed by atoms with E-state index in [2.05, 4.69) is 11.4 Å². The average molecular weight is 770 g/mol. The van der Waals surface area contributed by atoms with Crippen molar-refractivity contribution in [1.29, 1.82) is 5.26 Å². The Kier molecular flexibility index (Phi) is 14.0. The Bertz CT molecular complexity index is 1790. The Hall–Kier alpha value is -3.85. The first-order chi connectivity index (χ1) is 24.4. The molecule has 52 heavy (non-hydrogen) atoms. The lowest BCUT2D eigenvalue weighted by atomic mass is 9.85. The Morgan fingerprint density at radius 1 is 1.00 bits per heavy atom. The highest BCUT2D eigenvalue weighted by Crippen LogP contribution is 2.46. The monoisotopic (exact) mass is 768 g/mol. The molecule has 0 aromatic heterocycles. The van der Waals surface area contributed by atoms with Crippen LogP contribution in [0.5, 0.6) is 5.75 Å². The minimum Gasteiger partial charge on any atom is -0.493 e. The molecule has 3 amide bonds. The molecule has 2 aliphatic rings. The van der Waals surface area contributed by atoms with Crippen molar-refractivity contribution in [3.63, 3.8) is 0 Å². The number of methoxy groups -OCH3 is 1. The zero-order valence-electron chi connectivity index (χ0n) is 29.5. The molecule has 1 unspecified atom stereocenters. The molecule has 1 N–H and O–H groups in total. The summed E-state index contributed by atoms with van der Waals surface area (Å²) in [6.07, 6.45) is 0. The number of carbonyl (C=O) groups is 2. The molecule has 1 saturated heterocycles. The summed E-state index contributed by atoms with van der Waals surface area (Å²) in [5.74, 6) is 0.757. The zero-order valence-corrected chi connectivity index (χ0v) is 31.7. The van der Waals surface area contributed by atoms with Crippen molar-refractivity contribution in [1.82, 2.24) is 20.0 Å². The Morgan fingerprint density at radius 2 is 1.60 bits per heavy atom. The SMILES string of the molecule is C.CCOc1cc(C(C)(C)C#N)c(Cl)cc1C1=N[C@@H](c2ccc(Cl)cc2)[C@@H](c2ccc(Cl)cc2)N1C(=O)N1CCN(CC(=O)NC(C)COC)CC1. The molecular formula is C39H47Cl3N6O4. The third-order valence-corrected chi connectivity index (χ3v) is 9.91. The maximum Gasteiger partial charge on any atom is 0.326 e. The van der Waals surface area contributed by atoms with Crippen LogP contribution in [0.1, 0.15) is 69.5 Å². The zero-order chi connectivity index (χ0) is 36.9. The highest BCUT2D eigenvalue weighted by molar-refractivity contribution is 6.32. The van der Waals surface area contributed by atoms with Crippen molar-refractivity contribution in [3.8, 4) is 11.8 Å². The summed E-state index contributed by atoms with van der Waals surface area (Å²) in [5, 5.41) is 14.4. The summed E-state index contributed by atoms with van der Waals surface area (Å²) in [6, 6.07) is 19.3. The molecule has 3 atom stereocenters. The van der Waals surface area contributed by atoms with Crippen LogP contribution in [0.3, 0.4) is 0 Å². The maximum absolute atomic E-state index is 14.9. The molecule has 0 aliphatic carbocycles. The van der Waals surface area contributed by atoms with E-state index in [1.807, 2.05) is 55.1 Å². The van der Waals surface area contributed by atoms with Gasteiger partial charge < -0.3 is 19.7 Å². The first kappa shape index (κ1) is 40.9. The van der Waals surface area contributed by atoms with Crippen LogP contribution < -0.4 is 10.1 Å². The fourth-order valence-corrected chi connectivity index (χ4v) is 7.11. The highest BCUT2D eigenvalue weighted by Gasteiger charge is 2.45. The predicted octanol–water partition coefficient (Wildman–Crippen LogP) is 7.92. The Balaban J connectivity index is 0.00000605. The maximum atomic E-state index is 14.9. The first-order valence-corrected chi connectivity index (χ1v) is 18.1. The van der Waals surface area contributed by atoms with Crippen molar-refractivity contribution in [2.24, 2.45) is 4.99 Å². The normalized spacial score (nSPS) is 18.2. The minimum absolute atomic E-state index is 0. The number of rotatable bonds is 11. The molecular weight excluding hydrogens is 723 g/mol. The summed E-state index contributed by atoms with van der Waals surface area (Å²) < 4.78 is 11.3. The van der Waals surface area contributed by atoms with Gasteiger partial charge in [-0.3, -0.25) is 19.6 Å². The van der Waals surface area contributed by atoms with Crippen LogP contribution in [0.25, 0.3) is 0 Å². The molecule has 13 heteroatoms. The summed E-state index contributed by atoms with van der Waals surface area (Å²) in [4.78, 5) is 38.4. The molecule has 0 bridgehead atoms. The standard InChI is InChI=1S/C38H43Cl3N6O4.CH4/c1-6-51-32-20-30(38(3,4)23-42)31(41)19-29(32)36-44-34(25-7-11-27(39)12-8-25)35(26-9-13-28(40)14-10-26)47(36)37(49)46-17-15-45(16-18-46)21-33(48)43-24(2)22-50-5;/h7-14,19-20,24,34-35H,6,15-18,21-22H2,1-5H3,(H,43,48);1H4/t24?,34-,35+;/m0./s1. The first-order valence-electron chi connectivity index (χ1n) is 16.9. The van der Waals surface area contributed by atoms with Crippen molar-refractivity contribution in [3.05, 3.63) is 98.0 Å². The van der Waals surface area contributed by atoms with Gasteiger partial charge in [0.1, 0.15) is 17.6 Å². The second-order valence-electron chi connectivity index (χ2n) is 13.3. The molecule has 2 heterocycles.